The van der Waals surface area contributed by atoms with Gasteiger partial charge < -0.3 is 10.4 Å². The molecule has 17 heavy (non-hydrogen) atoms. The van der Waals surface area contributed by atoms with Gasteiger partial charge in [-0.25, -0.2) is 0 Å². The Hall–Kier alpha value is -0.510. The summed E-state index contributed by atoms with van der Waals surface area (Å²) >= 11 is 1.86. The molecule has 0 fully saturated rings. The van der Waals surface area contributed by atoms with E-state index in [1.165, 1.54) is 10.5 Å². The zero-order valence-corrected chi connectivity index (χ0v) is 11.6. The first kappa shape index (κ1) is 14.6. The summed E-state index contributed by atoms with van der Waals surface area (Å²) in [6.07, 6.45) is 2.12. The van der Waals surface area contributed by atoms with Gasteiger partial charge in [-0.1, -0.05) is 24.6 Å². The van der Waals surface area contributed by atoms with Gasteiger partial charge in [0, 0.05) is 10.9 Å². The Kier molecular flexibility index (Phi) is 7.33. The van der Waals surface area contributed by atoms with Crippen molar-refractivity contribution in [3.63, 3.8) is 0 Å². The molecule has 0 aliphatic rings. The zero-order chi connectivity index (χ0) is 12.5. The summed E-state index contributed by atoms with van der Waals surface area (Å²) in [4.78, 5) is 1.32. The molecule has 0 saturated carbocycles. The molecule has 0 saturated heterocycles. The first-order chi connectivity index (χ1) is 8.26. The second-order valence-electron chi connectivity index (χ2n) is 4.29. The predicted octanol–water partition coefficient (Wildman–Crippen LogP) is 2.84. The fraction of sp³-hybridized carbons (Fsp3) is 0.571. The second kappa shape index (κ2) is 8.56. The molecule has 1 aromatic rings. The number of aryl methyl sites for hydroxylation is 1. The summed E-state index contributed by atoms with van der Waals surface area (Å²) in [6, 6.07) is 8.80. The van der Waals surface area contributed by atoms with Crippen LogP contribution in [0.4, 0.5) is 0 Å². The van der Waals surface area contributed by atoms with E-state index in [1.54, 1.807) is 0 Å². The smallest absolute Gasteiger partial charge is 0.0584 e. The number of aliphatic hydroxyl groups is 1. The van der Waals surface area contributed by atoms with Crippen LogP contribution in [0.25, 0.3) is 0 Å². The molecule has 0 bridgehead atoms. The van der Waals surface area contributed by atoms with Gasteiger partial charge in [-0.15, -0.1) is 11.8 Å². The van der Waals surface area contributed by atoms with Crippen molar-refractivity contribution in [1.82, 2.24) is 5.32 Å². The number of nitrogens with one attached hydrogen (secondary N) is 1. The fourth-order valence-electron chi connectivity index (χ4n) is 1.63. The van der Waals surface area contributed by atoms with Gasteiger partial charge in [-0.3, -0.25) is 0 Å². The number of aliphatic hydroxyl groups excluding tert-OH is 1. The van der Waals surface area contributed by atoms with Crippen LogP contribution in [0.1, 0.15) is 25.3 Å². The number of hydrogen-bond acceptors (Lipinski definition) is 3. The fourth-order valence-corrected chi connectivity index (χ4v) is 2.71. The van der Waals surface area contributed by atoms with E-state index in [2.05, 4.69) is 43.4 Å². The molecule has 2 N–H and O–H groups in total. The quantitative estimate of drug-likeness (QED) is 0.699. The third-order valence-electron chi connectivity index (χ3n) is 2.63. The van der Waals surface area contributed by atoms with E-state index in [9.17, 15) is 5.11 Å². The lowest BCUT2D eigenvalue weighted by Gasteiger charge is -2.15. The molecular formula is C14H23NOS. The van der Waals surface area contributed by atoms with E-state index in [4.69, 9.17) is 0 Å². The maximum absolute atomic E-state index is 9.22. The van der Waals surface area contributed by atoms with E-state index in [0.717, 1.165) is 25.1 Å². The van der Waals surface area contributed by atoms with Crippen LogP contribution in [0.3, 0.4) is 0 Å². The summed E-state index contributed by atoms with van der Waals surface area (Å²) in [5.41, 5.74) is 1.30. The van der Waals surface area contributed by atoms with Crippen LogP contribution in [0.15, 0.2) is 29.2 Å². The molecule has 2 nitrogen and oxygen atoms in total. The maximum atomic E-state index is 9.22. The van der Waals surface area contributed by atoms with Gasteiger partial charge >= 0.3 is 0 Å². The number of benzene rings is 1. The molecule has 0 aromatic heterocycles. The normalized spacial score (nSPS) is 12.6. The monoisotopic (exact) mass is 253 g/mol. The Balaban J connectivity index is 2.26. The van der Waals surface area contributed by atoms with Gasteiger partial charge in [-0.2, -0.15) is 0 Å². The van der Waals surface area contributed by atoms with E-state index in [0.29, 0.717) is 0 Å². The molecule has 1 atom stereocenters. The van der Waals surface area contributed by atoms with Crippen LogP contribution in [-0.4, -0.2) is 30.1 Å². The molecule has 1 aromatic carbocycles. The lowest BCUT2D eigenvalue weighted by molar-refractivity contribution is 0.240. The average Bonchev–Trinajstić information content (AvgIpc) is 2.33. The highest BCUT2D eigenvalue weighted by Crippen LogP contribution is 2.20. The summed E-state index contributed by atoms with van der Waals surface area (Å²) in [7, 11) is 0. The maximum Gasteiger partial charge on any atom is 0.0584 e. The first-order valence-electron chi connectivity index (χ1n) is 6.30. The minimum atomic E-state index is 0.231. The highest BCUT2D eigenvalue weighted by atomic mass is 32.2. The molecule has 1 rings (SSSR count). The minimum Gasteiger partial charge on any atom is -0.395 e. The van der Waals surface area contributed by atoms with Crippen LogP contribution < -0.4 is 5.32 Å². The van der Waals surface area contributed by atoms with E-state index >= 15 is 0 Å². The first-order valence-corrected chi connectivity index (χ1v) is 7.28. The molecule has 0 heterocycles. The van der Waals surface area contributed by atoms with Crippen molar-refractivity contribution in [2.24, 2.45) is 0 Å². The van der Waals surface area contributed by atoms with Crippen LogP contribution in [0, 0.1) is 6.92 Å². The lowest BCUT2D eigenvalue weighted by atomic mass is 10.2. The predicted molar refractivity (Wildman–Crippen MR) is 75.7 cm³/mol. The van der Waals surface area contributed by atoms with Gasteiger partial charge in [-0.05, 0) is 44.2 Å². The number of rotatable bonds is 8. The largest absolute Gasteiger partial charge is 0.395 e. The van der Waals surface area contributed by atoms with Crippen molar-refractivity contribution in [2.45, 2.75) is 37.6 Å². The number of thioether (sulfide) groups is 1. The van der Waals surface area contributed by atoms with Gasteiger partial charge in [0.25, 0.3) is 0 Å². The molecular weight excluding hydrogens is 230 g/mol. The Morgan fingerprint density at radius 3 is 2.88 bits per heavy atom. The third kappa shape index (κ3) is 6.10. The van der Waals surface area contributed by atoms with Gasteiger partial charge in [0.1, 0.15) is 0 Å². The van der Waals surface area contributed by atoms with E-state index < -0.39 is 0 Å². The Morgan fingerprint density at radius 2 is 2.24 bits per heavy atom. The molecule has 96 valence electrons. The SMILES string of the molecule is CCCNC(CO)CCSc1cccc(C)c1. The summed E-state index contributed by atoms with van der Waals surface area (Å²) in [5.74, 6) is 1.05. The lowest BCUT2D eigenvalue weighted by Crippen LogP contribution is -2.33. The Morgan fingerprint density at radius 1 is 1.41 bits per heavy atom. The molecule has 0 aliphatic carbocycles. The van der Waals surface area contributed by atoms with Gasteiger partial charge in [0.15, 0.2) is 0 Å². The van der Waals surface area contributed by atoms with Gasteiger partial charge in [0.2, 0.25) is 0 Å². The molecule has 0 aliphatic heterocycles. The van der Waals surface area contributed by atoms with Crippen LogP contribution >= 0.6 is 11.8 Å². The zero-order valence-electron chi connectivity index (χ0n) is 10.8. The molecule has 0 spiro atoms. The standard InChI is InChI=1S/C14H23NOS/c1-3-8-15-13(11-16)7-9-17-14-6-4-5-12(2)10-14/h4-6,10,13,15-16H,3,7-9,11H2,1-2H3. The summed E-state index contributed by atoms with van der Waals surface area (Å²) in [6.45, 7) is 5.47. The van der Waals surface area contributed by atoms with Crippen molar-refractivity contribution in [2.75, 3.05) is 18.9 Å². The Bertz CT molecular complexity index is 317. The Labute approximate surface area is 109 Å². The number of hydrogen-bond donors (Lipinski definition) is 2. The van der Waals surface area contributed by atoms with Gasteiger partial charge in [0.05, 0.1) is 6.61 Å². The van der Waals surface area contributed by atoms with Crippen molar-refractivity contribution < 1.29 is 5.11 Å². The van der Waals surface area contributed by atoms with Crippen LogP contribution in [0.2, 0.25) is 0 Å². The topological polar surface area (TPSA) is 32.3 Å². The van der Waals surface area contributed by atoms with Crippen molar-refractivity contribution in [3.8, 4) is 0 Å². The minimum absolute atomic E-state index is 0.231. The highest BCUT2D eigenvalue weighted by molar-refractivity contribution is 7.99. The van der Waals surface area contributed by atoms with Crippen LogP contribution in [0.5, 0.6) is 0 Å². The summed E-state index contributed by atoms with van der Waals surface area (Å²) in [5, 5.41) is 12.6. The third-order valence-corrected chi connectivity index (χ3v) is 3.66. The summed E-state index contributed by atoms with van der Waals surface area (Å²) < 4.78 is 0. The second-order valence-corrected chi connectivity index (χ2v) is 5.46. The van der Waals surface area contributed by atoms with E-state index in [-0.39, 0.29) is 12.6 Å². The van der Waals surface area contributed by atoms with Crippen molar-refractivity contribution in [1.29, 1.82) is 0 Å². The molecule has 0 radical (unpaired) electrons. The van der Waals surface area contributed by atoms with Crippen molar-refractivity contribution in [3.05, 3.63) is 29.8 Å². The molecule has 0 amide bonds. The van der Waals surface area contributed by atoms with Crippen molar-refractivity contribution >= 4 is 11.8 Å². The molecule has 3 heteroatoms. The molecule has 1 unspecified atom stereocenters. The average molecular weight is 253 g/mol. The van der Waals surface area contributed by atoms with Crippen LogP contribution in [-0.2, 0) is 0 Å². The highest BCUT2D eigenvalue weighted by Gasteiger charge is 2.05. The van der Waals surface area contributed by atoms with E-state index in [1.807, 2.05) is 11.8 Å².